The van der Waals surface area contributed by atoms with Gasteiger partial charge in [0.15, 0.2) is 0 Å². The molecular formula is C17H23N3. The fourth-order valence-electron chi connectivity index (χ4n) is 3.04. The monoisotopic (exact) mass is 269 g/mol. The first-order valence-electron chi connectivity index (χ1n) is 7.63. The van der Waals surface area contributed by atoms with E-state index in [1.54, 1.807) is 0 Å². The lowest BCUT2D eigenvalue weighted by molar-refractivity contribution is 0.726. The number of fused-ring (bicyclic) bond motifs is 1. The minimum absolute atomic E-state index is 0.558. The van der Waals surface area contributed by atoms with Crippen molar-refractivity contribution in [2.45, 2.75) is 39.2 Å². The van der Waals surface area contributed by atoms with Crippen LogP contribution in [0.5, 0.6) is 0 Å². The molecule has 3 nitrogen and oxygen atoms in total. The molecule has 1 aliphatic rings. The molecule has 3 heteroatoms. The van der Waals surface area contributed by atoms with Crippen LogP contribution in [0.3, 0.4) is 0 Å². The molecule has 106 valence electrons. The Morgan fingerprint density at radius 2 is 1.85 bits per heavy atom. The summed E-state index contributed by atoms with van der Waals surface area (Å²) in [6.45, 7) is 4.89. The van der Waals surface area contributed by atoms with Crippen molar-refractivity contribution in [1.29, 1.82) is 0 Å². The number of nitrogens with zero attached hydrogens (tertiary/aromatic N) is 2. The van der Waals surface area contributed by atoms with Gasteiger partial charge in [-0.3, -0.25) is 0 Å². The number of anilines is 1. The molecule has 0 aliphatic carbocycles. The lowest BCUT2D eigenvalue weighted by Crippen LogP contribution is -2.26. The number of aryl methyl sites for hydroxylation is 1. The Kier molecular flexibility index (Phi) is 3.88. The second kappa shape index (κ2) is 5.80. The summed E-state index contributed by atoms with van der Waals surface area (Å²) in [4.78, 5) is 7.32. The van der Waals surface area contributed by atoms with E-state index in [-0.39, 0.29) is 0 Å². The van der Waals surface area contributed by atoms with E-state index in [4.69, 9.17) is 10.7 Å². The van der Waals surface area contributed by atoms with Crippen LogP contribution in [0, 0.1) is 6.92 Å². The highest BCUT2D eigenvalue weighted by Crippen LogP contribution is 2.26. The molecule has 1 aromatic carbocycles. The molecule has 0 spiro atoms. The van der Waals surface area contributed by atoms with E-state index in [9.17, 15) is 0 Å². The zero-order valence-corrected chi connectivity index (χ0v) is 12.2. The second-order valence-electron chi connectivity index (χ2n) is 5.77. The summed E-state index contributed by atoms with van der Waals surface area (Å²) in [5.41, 5.74) is 9.47. The van der Waals surface area contributed by atoms with Crippen molar-refractivity contribution in [3.63, 3.8) is 0 Å². The van der Waals surface area contributed by atoms with Gasteiger partial charge in [0.2, 0.25) is 0 Å². The Hall–Kier alpha value is -1.61. The molecule has 1 saturated heterocycles. The third-order valence-corrected chi connectivity index (χ3v) is 4.15. The molecule has 0 unspecified atom stereocenters. The summed E-state index contributed by atoms with van der Waals surface area (Å²) in [7, 11) is 0. The Labute approximate surface area is 120 Å². The van der Waals surface area contributed by atoms with Gasteiger partial charge in [0.05, 0.1) is 5.52 Å². The summed E-state index contributed by atoms with van der Waals surface area (Å²) in [5.74, 6) is 1.10. The maximum absolute atomic E-state index is 5.96. The van der Waals surface area contributed by atoms with Crippen molar-refractivity contribution < 1.29 is 0 Å². The minimum Gasteiger partial charge on any atom is -0.356 e. The molecule has 0 radical (unpaired) electrons. The smallest absolute Gasteiger partial charge is 0.133 e. The number of aromatic nitrogens is 1. The van der Waals surface area contributed by atoms with Crippen LogP contribution in [0.25, 0.3) is 10.9 Å². The predicted molar refractivity (Wildman–Crippen MR) is 85.1 cm³/mol. The third kappa shape index (κ3) is 2.63. The van der Waals surface area contributed by atoms with E-state index in [1.165, 1.54) is 42.2 Å². The van der Waals surface area contributed by atoms with Crippen molar-refractivity contribution >= 4 is 16.7 Å². The molecule has 3 rings (SSSR count). The van der Waals surface area contributed by atoms with Crippen molar-refractivity contribution in [3.05, 3.63) is 35.4 Å². The molecule has 0 saturated carbocycles. The molecule has 1 aliphatic heterocycles. The van der Waals surface area contributed by atoms with Crippen LogP contribution < -0.4 is 10.6 Å². The van der Waals surface area contributed by atoms with Gasteiger partial charge in [0, 0.05) is 30.6 Å². The maximum Gasteiger partial charge on any atom is 0.133 e. The third-order valence-electron chi connectivity index (χ3n) is 4.15. The molecule has 1 aromatic heterocycles. The fourth-order valence-corrected chi connectivity index (χ4v) is 3.04. The number of rotatable bonds is 2. The molecule has 2 N–H and O–H groups in total. The van der Waals surface area contributed by atoms with Gasteiger partial charge in [0.25, 0.3) is 0 Å². The topological polar surface area (TPSA) is 42.2 Å². The van der Waals surface area contributed by atoms with Crippen molar-refractivity contribution in [2.24, 2.45) is 5.73 Å². The highest BCUT2D eigenvalue weighted by atomic mass is 15.2. The van der Waals surface area contributed by atoms with Crippen LogP contribution in [-0.4, -0.2) is 18.1 Å². The van der Waals surface area contributed by atoms with E-state index in [0.29, 0.717) is 6.54 Å². The first kappa shape index (κ1) is 13.4. The van der Waals surface area contributed by atoms with Gasteiger partial charge in [-0.15, -0.1) is 0 Å². The average Bonchev–Trinajstić information content (AvgIpc) is 2.74. The summed E-state index contributed by atoms with van der Waals surface area (Å²) < 4.78 is 0. The Morgan fingerprint density at radius 1 is 1.10 bits per heavy atom. The van der Waals surface area contributed by atoms with Gasteiger partial charge >= 0.3 is 0 Å². The second-order valence-corrected chi connectivity index (χ2v) is 5.77. The van der Waals surface area contributed by atoms with Crippen LogP contribution in [-0.2, 0) is 6.54 Å². The number of hydrogen-bond acceptors (Lipinski definition) is 3. The van der Waals surface area contributed by atoms with Crippen LogP contribution in [0.2, 0.25) is 0 Å². The summed E-state index contributed by atoms with van der Waals surface area (Å²) >= 11 is 0. The molecule has 1 fully saturated rings. The van der Waals surface area contributed by atoms with Gasteiger partial charge in [-0.05, 0) is 38.0 Å². The largest absolute Gasteiger partial charge is 0.356 e. The Balaban J connectivity index is 2.06. The van der Waals surface area contributed by atoms with E-state index < -0.39 is 0 Å². The molecule has 2 aromatic rings. The normalized spacial score (nSPS) is 16.4. The van der Waals surface area contributed by atoms with E-state index in [1.807, 2.05) is 0 Å². The zero-order valence-electron chi connectivity index (χ0n) is 12.2. The summed E-state index contributed by atoms with van der Waals surface area (Å²) in [6.07, 6.45) is 5.19. The van der Waals surface area contributed by atoms with Crippen molar-refractivity contribution in [1.82, 2.24) is 4.98 Å². The quantitative estimate of drug-likeness (QED) is 0.908. The van der Waals surface area contributed by atoms with E-state index >= 15 is 0 Å². The first-order chi connectivity index (χ1) is 9.78. The van der Waals surface area contributed by atoms with Gasteiger partial charge in [-0.25, -0.2) is 4.98 Å². The van der Waals surface area contributed by atoms with Gasteiger partial charge in [0.1, 0.15) is 5.82 Å². The van der Waals surface area contributed by atoms with Gasteiger partial charge < -0.3 is 10.6 Å². The van der Waals surface area contributed by atoms with E-state index in [2.05, 4.69) is 36.1 Å². The van der Waals surface area contributed by atoms with Crippen molar-refractivity contribution in [2.75, 3.05) is 18.0 Å². The predicted octanol–water partition coefficient (Wildman–Crippen LogP) is 3.38. The Morgan fingerprint density at radius 3 is 2.55 bits per heavy atom. The molecule has 2 heterocycles. The highest BCUT2D eigenvalue weighted by molar-refractivity contribution is 5.82. The standard InChI is InChI=1S/C17H23N3/c1-13-6-7-16-14(10-13)11-15(12-18)17(19-16)20-8-4-2-3-5-9-20/h6-7,10-11H,2-5,8-9,12,18H2,1H3. The first-order valence-corrected chi connectivity index (χ1v) is 7.63. The summed E-state index contributed by atoms with van der Waals surface area (Å²) in [6, 6.07) is 8.65. The number of hydrogen-bond donors (Lipinski definition) is 1. The maximum atomic E-state index is 5.96. The summed E-state index contributed by atoms with van der Waals surface area (Å²) in [5, 5.41) is 1.20. The molecule has 0 amide bonds. The zero-order chi connectivity index (χ0) is 13.9. The number of pyridine rings is 1. The Bertz CT molecular complexity index is 598. The minimum atomic E-state index is 0.558. The van der Waals surface area contributed by atoms with Crippen LogP contribution in [0.1, 0.15) is 36.8 Å². The van der Waals surface area contributed by atoms with Crippen LogP contribution >= 0.6 is 0 Å². The molecular weight excluding hydrogens is 246 g/mol. The molecule has 0 bridgehead atoms. The average molecular weight is 269 g/mol. The number of nitrogens with two attached hydrogens (primary N) is 1. The van der Waals surface area contributed by atoms with Crippen LogP contribution in [0.15, 0.2) is 24.3 Å². The molecule has 0 atom stereocenters. The lowest BCUT2D eigenvalue weighted by Gasteiger charge is -2.24. The number of benzene rings is 1. The fraction of sp³-hybridized carbons (Fsp3) is 0.471. The SMILES string of the molecule is Cc1ccc2nc(N3CCCCCC3)c(CN)cc2c1. The highest BCUT2D eigenvalue weighted by Gasteiger charge is 2.15. The van der Waals surface area contributed by atoms with Gasteiger partial charge in [-0.1, -0.05) is 24.5 Å². The van der Waals surface area contributed by atoms with E-state index in [0.717, 1.165) is 24.4 Å². The van der Waals surface area contributed by atoms with Crippen LogP contribution in [0.4, 0.5) is 5.82 Å². The van der Waals surface area contributed by atoms with Crippen molar-refractivity contribution in [3.8, 4) is 0 Å². The molecule has 20 heavy (non-hydrogen) atoms. The van der Waals surface area contributed by atoms with Gasteiger partial charge in [-0.2, -0.15) is 0 Å². The lowest BCUT2D eigenvalue weighted by atomic mass is 10.1.